The lowest BCUT2D eigenvalue weighted by molar-refractivity contribution is -0.161. The number of carbonyl (C=O) groups excluding carboxylic acids is 4. The molecule has 2 saturated heterocycles. The lowest BCUT2D eigenvalue weighted by Gasteiger charge is -2.39. The van der Waals surface area contributed by atoms with Crippen LogP contribution in [0.25, 0.3) is 0 Å². The average Bonchev–Trinajstić information content (AvgIpc) is 3.52. The van der Waals surface area contributed by atoms with Gasteiger partial charge in [-0.1, -0.05) is 97.1 Å². The number of anilines is 1. The maximum atomic E-state index is 15.1. The van der Waals surface area contributed by atoms with Gasteiger partial charge in [0.2, 0.25) is 11.8 Å². The molecule has 0 bridgehead atoms. The number of cyclic esters (lactones) is 1. The van der Waals surface area contributed by atoms with Gasteiger partial charge in [0.15, 0.2) is 0 Å². The number of hydrogen-bond donors (Lipinski definition) is 2. The van der Waals surface area contributed by atoms with E-state index in [1.807, 2.05) is 98.8 Å². The highest BCUT2D eigenvalue weighted by atomic mass is 16.6. The van der Waals surface area contributed by atoms with Gasteiger partial charge in [-0.15, -0.1) is 0 Å². The minimum atomic E-state index is -1.57. The van der Waals surface area contributed by atoms with E-state index in [9.17, 15) is 14.7 Å². The Bertz CT molecular complexity index is 1880. The van der Waals surface area contributed by atoms with E-state index in [1.165, 1.54) is 4.90 Å². The van der Waals surface area contributed by atoms with Crippen molar-refractivity contribution in [2.45, 2.75) is 69.5 Å². The van der Waals surface area contributed by atoms with E-state index in [0.717, 1.165) is 11.1 Å². The standard InChI is InChI=1S/C41H43N3O7/c1-25-19-20-26(2)30(23-25)43-22-12-21-41-35(38(47)44(37(41)39(43)48)31(24-45)28-13-6-4-7-14-28)34-32(51-41)17-10-11-18-33(46)42-27(3)36(50-40(34)49)29-15-8-5-9-16-29/h4-10,12-17,19-21,23,27,31-32,34-37,45H,11,18,22,24H2,1-3H3,(H,42,46)/b17-10-/t27-,31+,32-,34+,35+,36+,37-,41+/m0/s1. The summed E-state index contributed by atoms with van der Waals surface area (Å²) < 4.78 is 13.2. The largest absolute Gasteiger partial charge is 0.455 e. The van der Waals surface area contributed by atoms with Gasteiger partial charge in [0, 0.05) is 18.7 Å². The molecule has 4 heterocycles. The number of aryl methyl sites for hydroxylation is 2. The SMILES string of the molecule is Cc1ccc(C)c(N2CC=C[C@@]34O[C@H]5/C=C\CCC(=O)N[C@@H](C)[C@H](c6ccccc6)OC(=O)[C@H]5[C@@H]3C(=O)N([C@H](CO)c3ccccc3)[C@H]4C2=O)c1. The first-order valence-electron chi connectivity index (χ1n) is 17.6. The number of rotatable bonds is 5. The first-order chi connectivity index (χ1) is 24.6. The maximum Gasteiger partial charge on any atom is 0.313 e. The molecule has 0 unspecified atom stereocenters. The van der Waals surface area contributed by atoms with Crippen LogP contribution in [-0.4, -0.2) is 70.6 Å². The van der Waals surface area contributed by atoms with Crippen LogP contribution in [-0.2, 0) is 28.7 Å². The van der Waals surface area contributed by atoms with Crippen LogP contribution in [0.4, 0.5) is 5.69 Å². The molecule has 4 aliphatic rings. The van der Waals surface area contributed by atoms with E-state index in [2.05, 4.69) is 5.32 Å². The third-order valence-corrected chi connectivity index (χ3v) is 10.6. The second-order valence-electron chi connectivity index (χ2n) is 13.9. The van der Waals surface area contributed by atoms with Gasteiger partial charge in [0.25, 0.3) is 5.91 Å². The molecule has 51 heavy (non-hydrogen) atoms. The molecule has 264 valence electrons. The molecule has 10 nitrogen and oxygen atoms in total. The second kappa shape index (κ2) is 13.9. The van der Waals surface area contributed by atoms with Gasteiger partial charge in [0.1, 0.15) is 23.7 Å². The van der Waals surface area contributed by atoms with E-state index < -0.39 is 66.3 Å². The Morgan fingerprint density at radius 2 is 1.67 bits per heavy atom. The molecule has 1 spiro atoms. The highest BCUT2D eigenvalue weighted by Gasteiger charge is 2.72. The number of esters is 1. The number of amides is 3. The zero-order valence-electron chi connectivity index (χ0n) is 29.0. The summed E-state index contributed by atoms with van der Waals surface area (Å²) in [5, 5.41) is 13.9. The number of likely N-dealkylation sites (tertiary alicyclic amines) is 1. The number of allylic oxidation sites excluding steroid dienone is 1. The number of aliphatic hydroxyl groups excluding tert-OH is 1. The van der Waals surface area contributed by atoms with Crippen LogP contribution in [0.3, 0.4) is 0 Å². The van der Waals surface area contributed by atoms with Crippen LogP contribution in [0.2, 0.25) is 0 Å². The number of hydrogen-bond acceptors (Lipinski definition) is 7. The van der Waals surface area contributed by atoms with Crippen molar-refractivity contribution < 1.29 is 33.8 Å². The first-order valence-corrected chi connectivity index (χ1v) is 17.6. The average molecular weight is 690 g/mol. The summed E-state index contributed by atoms with van der Waals surface area (Å²) in [5.74, 6) is -3.99. The fourth-order valence-corrected chi connectivity index (χ4v) is 8.24. The van der Waals surface area contributed by atoms with Crippen LogP contribution in [0.5, 0.6) is 0 Å². The Morgan fingerprint density at radius 3 is 2.39 bits per heavy atom. The maximum absolute atomic E-state index is 15.1. The van der Waals surface area contributed by atoms with Crippen molar-refractivity contribution in [3.8, 4) is 0 Å². The molecule has 2 N–H and O–H groups in total. The summed E-state index contributed by atoms with van der Waals surface area (Å²) in [6, 6.07) is 21.5. The third kappa shape index (κ3) is 6.06. The van der Waals surface area contributed by atoms with Crippen molar-refractivity contribution in [3.63, 3.8) is 0 Å². The van der Waals surface area contributed by atoms with Crippen molar-refractivity contribution in [2.75, 3.05) is 18.1 Å². The Balaban J connectivity index is 1.38. The number of aliphatic hydroxyl groups is 1. The molecule has 3 aromatic rings. The van der Waals surface area contributed by atoms with E-state index in [1.54, 1.807) is 30.1 Å². The normalized spacial score (nSPS) is 30.6. The molecular weight excluding hydrogens is 646 g/mol. The molecule has 10 heteroatoms. The zero-order valence-corrected chi connectivity index (χ0v) is 29.0. The van der Waals surface area contributed by atoms with E-state index in [0.29, 0.717) is 23.2 Å². The second-order valence-corrected chi connectivity index (χ2v) is 13.9. The fourth-order valence-electron chi connectivity index (χ4n) is 8.24. The van der Waals surface area contributed by atoms with E-state index >= 15 is 9.59 Å². The number of benzene rings is 3. The summed E-state index contributed by atoms with van der Waals surface area (Å²) in [6.07, 6.45) is 5.91. The minimum absolute atomic E-state index is 0.185. The molecule has 7 rings (SSSR count). The molecule has 3 aromatic carbocycles. The highest BCUT2D eigenvalue weighted by molar-refractivity contribution is 6.06. The molecule has 0 radical (unpaired) electrons. The molecule has 3 amide bonds. The van der Waals surface area contributed by atoms with Crippen molar-refractivity contribution in [2.24, 2.45) is 11.8 Å². The smallest absolute Gasteiger partial charge is 0.313 e. The van der Waals surface area contributed by atoms with Crippen LogP contribution in [0.1, 0.15) is 54.2 Å². The van der Waals surface area contributed by atoms with Gasteiger partial charge in [-0.25, -0.2) is 0 Å². The molecule has 2 fully saturated rings. The molecule has 8 atom stereocenters. The van der Waals surface area contributed by atoms with Crippen LogP contribution in [0, 0.1) is 25.7 Å². The Kier molecular flexibility index (Phi) is 9.39. The van der Waals surface area contributed by atoms with Gasteiger partial charge < -0.3 is 29.7 Å². The molecule has 0 saturated carbocycles. The van der Waals surface area contributed by atoms with Gasteiger partial charge in [-0.05, 0) is 55.5 Å². The number of ether oxygens (including phenoxy) is 2. The fraction of sp³-hybridized carbons (Fsp3) is 0.366. The van der Waals surface area contributed by atoms with E-state index in [-0.39, 0.29) is 24.8 Å². The minimum Gasteiger partial charge on any atom is -0.455 e. The highest BCUT2D eigenvalue weighted by Crippen LogP contribution is 2.55. The number of nitrogens with one attached hydrogen (secondary N) is 1. The third-order valence-electron chi connectivity index (χ3n) is 10.6. The van der Waals surface area contributed by atoms with Crippen LogP contribution in [0.15, 0.2) is 103 Å². The molecule has 0 aliphatic carbocycles. The van der Waals surface area contributed by atoms with Crippen molar-refractivity contribution in [3.05, 3.63) is 125 Å². The van der Waals surface area contributed by atoms with E-state index in [4.69, 9.17) is 9.47 Å². The Morgan fingerprint density at radius 1 is 0.941 bits per heavy atom. The first kappa shape index (κ1) is 34.4. The van der Waals surface area contributed by atoms with Crippen LogP contribution < -0.4 is 10.2 Å². The Labute approximate surface area is 297 Å². The number of nitrogens with zero attached hydrogens (tertiary/aromatic N) is 2. The number of carbonyl (C=O) groups is 4. The topological polar surface area (TPSA) is 125 Å². The van der Waals surface area contributed by atoms with Gasteiger partial charge in [-0.3, -0.25) is 19.2 Å². The van der Waals surface area contributed by atoms with Crippen molar-refractivity contribution in [1.82, 2.24) is 10.2 Å². The lowest BCUT2D eigenvalue weighted by atomic mass is 9.77. The molecule has 4 aliphatic heterocycles. The predicted octanol–water partition coefficient (Wildman–Crippen LogP) is 4.66. The summed E-state index contributed by atoms with van der Waals surface area (Å²) >= 11 is 0. The molecule has 0 aromatic heterocycles. The van der Waals surface area contributed by atoms with Gasteiger partial charge in [-0.2, -0.15) is 0 Å². The Hall–Kier alpha value is -5.06. The van der Waals surface area contributed by atoms with Crippen LogP contribution >= 0.6 is 0 Å². The summed E-state index contributed by atoms with van der Waals surface area (Å²) in [7, 11) is 0. The predicted molar refractivity (Wildman–Crippen MR) is 190 cm³/mol. The summed E-state index contributed by atoms with van der Waals surface area (Å²) in [5.41, 5.74) is 2.33. The molecular formula is C41H43N3O7. The summed E-state index contributed by atoms with van der Waals surface area (Å²) in [6.45, 7) is 5.43. The quantitative estimate of drug-likeness (QED) is 0.295. The number of fused-ring (bicyclic) bond motifs is 2. The van der Waals surface area contributed by atoms with Gasteiger partial charge in [0.05, 0.1) is 30.7 Å². The lowest BCUT2D eigenvalue weighted by Crippen LogP contribution is -2.56. The zero-order chi connectivity index (χ0) is 35.9. The monoisotopic (exact) mass is 689 g/mol. The van der Waals surface area contributed by atoms with Crippen molar-refractivity contribution in [1.29, 1.82) is 0 Å². The van der Waals surface area contributed by atoms with Gasteiger partial charge >= 0.3 is 5.97 Å². The van der Waals surface area contributed by atoms with Crippen molar-refractivity contribution >= 4 is 29.4 Å². The summed E-state index contributed by atoms with van der Waals surface area (Å²) in [4.78, 5) is 60.9.